The number of nitrogens with two attached hydrogens (primary N) is 1. The Bertz CT molecular complexity index is 622. The van der Waals surface area contributed by atoms with Crippen LogP contribution >= 0.6 is 0 Å². The minimum atomic E-state index is -4.58. The number of alkyl halides is 3. The van der Waals surface area contributed by atoms with E-state index < -0.39 is 21.7 Å². The molecule has 0 spiro atoms. The van der Waals surface area contributed by atoms with E-state index in [4.69, 9.17) is 5.73 Å². The van der Waals surface area contributed by atoms with Gasteiger partial charge < -0.3 is 5.73 Å². The van der Waals surface area contributed by atoms with Crippen LogP contribution in [0.1, 0.15) is 24.0 Å². The first-order valence-corrected chi connectivity index (χ1v) is 7.50. The molecule has 1 aliphatic carbocycles. The van der Waals surface area contributed by atoms with Crippen molar-refractivity contribution in [3.05, 3.63) is 29.3 Å². The van der Waals surface area contributed by atoms with Crippen LogP contribution in [-0.2, 0) is 16.6 Å². The highest BCUT2D eigenvalue weighted by Gasteiger charge is 2.65. The molecule has 0 saturated heterocycles. The number of halogens is 3. The van der Waals surface area contributed by atoms with Gasteiger partial charge in [-0.3, -0.25) is 0 Å². The van der Waals surface area contributed by atoms with Crippen molar-refractivity contribution in [3.8, 4) is 0 Å². The molecule has 3 N–H and O–H groups in total. The summed E-state index contributed by atoms with van der Waals surface area (Å²) in [5.41, 5.74) is 4.05. The lowest BCUT2D eigenvalue weighted by atomic mass is 10.1. The van der Waals surface area contributed by atoms with Gasteiger partial charge in [-0.25, -0.2) is 8.42 Å². The van der Waals surface area contributed by atoms with Crippen molar-refractivity contribution in [3.63, 3.8) is 0 Å². The third kappa shape index (κ3) is 2.68. The molecule has 2 rings (SSSR count). The molecule has 112 valence electrons. The van der Waals surface area contributed by atoms with Gasteiger partial charge in [0.05, 0.1) is 4.90 Å². The first-order valence-electron chi connectivity index (χ1n) is 6.02. The SMILES string of the molecule is Cc1ccc(CN)cc1S(=O)(=O)NC1(C(F)(F)F)CC1. The molecule has 0 aliphatic heterocycles. The van der Waals surface area contributed by atoms with E-state index in [1.54, 1.807) is 10.8 Å². The second-order valence-electron chi connectivity index (χ2n) is 4.99. The Morgan fingerprint density at radius 1 is 1.35 bits per heavy atom. The molecule has 0 amide bonds. The third-order valence-corrected chi connectivity index (χ3v) is 5.08. The number of rotatable bonds is 4. The van der Waals surface area contributed by atoms with Crippen LogP contribution in [0.2, 0.25) is 0 Å². The molecule has 0 aromatic heterocycles. The second-order valence-corrected chi connectivity index (χ2v) is 6.64. The number of hydrogen-bond donors (Lipinski definition) is 2. The maximum Gasteiger partial charge on any atom is 0.407 e. The van der Waals surface area contributed by atoms with E-state index in [0.29, 0.717) is 11.1 Å². The van der Waals surface area contributed by atoms with Gasteiger partial charge >= 0.3 is 6.18 Å². The summed E-state index contributed by atoms with van der Waals surface area (Å²) in [6.45, 7) is 1.65. The third-order valence-electron chi connectivity index (χ3n) is 3.40. The van der Waals surface area contributed by atoms with E-state index in [2.05, 4.69) is 0 Å². The van der Waals surface area contributed by atoms with Gasteiger partial charge in [0.1, 0.15) is 5.54 Å². The summed E-state index contributed by atoms with van der Waals surface area (Å²) < 4.78 is 64.7. The standard InChI is InChI=1S/C12H15F3N2O2S/c1-8-2-3-9(7-16)6-10(8)20(18,19)17-11(4-5-11)12(13,14)15/h2-3,6,17H,4-5,7,16H2,1H3. The minimum Gasteiger partial charge on any atom is -0.326 e. The van der Waals surface area contributed by atoms with Crippen LogP contribution in [0.25, 0.3) is 0 Å². The average molecular weight is 308 g/mol. The molecule has 0 unspecified atom stereocenters. The smallest absolute Gasteiger partial charge is 0.326 e. The summed E-state index contributed by atoms with van der Waals surface area (Å²) in [7, 11) is -4.23. The largest absolute Gasteiger partial charge is 0.407 e. The quantitative estimate of drug-likeness (QED) is 0.891. The predicted molar refractivity (Wildman–Crippen MR) is 67.4 cm³/mol. The van der Waals surface area contributed by atoms with Gasteiger partial charge in [-0.1, -0.05) is 12.1 Å². The molecule has 1 aliphatic rings. The zero-order valence-electron chi connectivity index (χ0n) is 10.8. The highest BCUT2D eigenvalue weighted by Crippen LogP contribution is 2.49. The molecule has 1 saturated carbocycles. The molecule has 1 aromatic rings. The van der Waals surface area contributed by atoms with Gasteiger partial charge in [0, 0.05) is 6.54 Å². The number of benzene rings is 1. The highest BCUT2D eigenvalue weighted by atomic mass is 32.2. The van der Waals surface area contributed by atoms with E-state index >= 15 is 0 Å². The van der Waals surface area contributed by atoms with Crippen molar-refractivity contribution < 1.29 is 21.6 Å². The Balaban J connectivity index is 2.37. The van der Waals surface area contributed by atoms with E-state index in [1.807, 2.05) is 0 Å². The van der Waals surface area contributed by atoms with Gasteiger partial charge in [0.15, 0.2) is 0 Å². The normalized spacial score (nSPS) is 18.1. The topological polar surface area (TPSA) is 72.2 Å². The van der Waals surface area contributed by atoms with Crippen LogP contribution < -0.4 is 10.5 Å². The van der Waals surface area contributed by atoms with Crippen molar-refractivity contribution in [1.29, 1.82) is 0 Å². The summed E-state index contributed by atoms with van der Waals surface area (Å²) >= 11 is 0. The number of sulfonamides is 1. The highest BCUT2D eigenvalue weighted by molar-refractivity contribution is 7.89. The van der Waals surface area contributed by atoms with Crippen molar-refractivity contribution in [2.45, 2.75) is 42.9 Å². The van der Waals surface area contributed by atoms with Gasteiger partial charge in [-0.05, 0) is 37.0 Å². The minimum absolute atomic E-state index is 0.118. The van der Waals surface area contributed by atoms with Gasteiger partial charge in [-0.15, -0.1) is 0 Å². The van der Waals surface area contributed by atoms with E-state index in [0.717, 1.165) is 0 Å². The average Bonchev–Trinajstić information content (AvgIpc) is 3.09. The zero-order valence-corrected chi connectivity index (χ0v) is 11.6. The summed E-state index contributed by atoms with van der Waals surface area (Å²) in [6, 6.07) is 4.49. The van der Waals surface area contributed by atoms with Crippen LogP contribution in [0.3, 0.4) is 0 Å². The zero-order chi connectivity index (χ0) is 15.2. The van der Waals surface area contributed by atoms with E-state index in [1.165, 1.54) is 19.1 Å². The number of nitrogens with one attached hydrogen (secondary N) is 1. The maximum atomic E-state index is 12.8. The van der Waals surface area contributed by atoms with Crippen LogP contribution in [0.5, 0.6) is 0 Å². The number of hydrogen-bond acceptors (Lipinski definition) is 3. The van der Waals surface area contributed by atoms with Gasteiger partial charge in [0.25, 0.3) is 0 Å². The molecule has 0 radical (unpaired) electrons. The maximum absolute atomic E-state index is 12.8. The summed E-state index contributed by atoms with van der Waals surface area (Å²) in [6.07, 6.45) is -5.05. The first-order chi connectivity index (χ1) is 9.11. The van der Waals surface area contributed by atoms with Crippen molar-refractivity contribution >= 4 is 10.0 Å². The monoisotopic (exact) mass is 308 g/mol. The van der Waals surface area contributed by atoms with Crippen LogP contribution in [-0.4, -0.2) is 20.1 Å². The Morgan fingerprint density at radius 2 is 1.95 bits per heavy atom. The fraction of sp³-hybridized carbons (Fsp3) is 0.500. The predicted octanol–water partition coefficient (Wildman–Crippen LogP) is 1.83. The molecular weight excluding hydrogens is 293 g/mol. The molecule has 1 aromatic carbocycles. The van der Waals surface area contributed by atoms with Gasteiger partial charge in [0.2, 0.25) is 10.0 Å². The fourth-order valence-electron chi connectivity index (χ4n) is 1.94. The molecule has 8 heteroatoms. The molecular formula is C12H15F3N2O2S. The molecule has 0 heterocycles. The lowest BCUT2D eigenvalue weighted by Gasteiger charge is -2.21. The Hall–Kier alpha value is -1.12. The van der Waals surface area contributed by atoms with Gasteiger partial charge in [-0.2, -0.15) is 17.9 Å². The lowest BCUT2D eigenvalue weighted by Crippen LogP contribution is -2.47. The summed E-state index contributed by atoms with van der Waals surface area (Å²) in [5.74, 6) is 0. The van der Waals surface area contributed by atoms with Crippen molar-refractivity contribution in [1.82, 2.24) is 4.72 Å². The van der Waals surface area contributed by atoms with Crippen molar-refractivity contribution in [2.24, 2.45) is 5.73 Å². The molecule has 0 atom stereocenters. The molecule has 0 bridgehead atoms. The fourth-order valence-corrected chi connectivity index (χ4v) is 3.68. The van der Waals surface area contributed by atoms with Crippen LogP contribution in [0, 0.1) is 6.92 Å². The van der Waals surface area contributed by atoms with Crippen molar-refractivity contribution in [2.75, 3.05) is 0 Å². The van der Waals surface area contributed by atoms with Crippen LogP contribution in [0.4, 0.5) is 13.2 Å². The summed E-state index contributed by atoms with van der Waals surface area (Å²) in [4.78, 5) is -0.157. The molecule has 20 heavy (non-hydrogen) atoms. The Kier molecular flexibility index (Phi) is 3.60. The first kappa shape index (κ1) is 15.3. The van der Waals surface area contributed by atoms with Crippen LogP contribution in [0.15, 0.2) is 23.1 Å². The number of aryl methyl sites for hydroxylation is 1. The molecule has 4 nitrogen and oxygen atoms in total. The Labute approximate surface area is 115 Å². The Morgan fingerprint density at radius 3 is 2.40 bits per heavy atom. The molecule has 1 fully saturated rings. The summed E-state index contributed by atoms with van der Waals surface area (Å²) in [5, 5.41) is 0. The van der Waals surface area contributed by atoms with E-state index in [9.17, 15) is 21.6 Å². The van der Waals surface area contributed by atoms with E-state index in [-0.39, 0.29) is 24.3 Å². The second kappa shape index (κ2) is 4.71. The lowest BCUT2D eigenvalue weighted by molar-refractivity contribution is -0.160.